The number of carbonyl (C=O) groups excluding carboxylic acids is 1. The van der Waals surface area contributed by atoms with Gasteiger partial charge in [-0.2, -0.15) is 5.10 Å². The van der Waals surface area contributed by atoms with Crippen molar-refractivity contribution in [1.29, 1.82) is 0 Å². The van der Waals surface area contributed by atoms with Gasteiger partial charge in [0.25, 0.3) is 0 Å². The number of halogens is 2. The fraction of sp³-hybridized carbons (Fsp3) is 0.400. The van der Waals surface area contributed by atoms with Crippen LogP contribution in [0.3, 0.4) is 0 Å². The Bertz CT molecular complexity index is 920. The number of aromatic nitrogens is 2. The number of benzene rings is 1. The Morgan fingerprint density at radius 3 is 2.81 bits per heavy atom. The molecule has 2 aromatic rings. The lowest BCUT2D eigenvalue weighted by molar-refractivity contribution is -0.139. The number of nitrogens with zero attached hydrogens (tertiary/aromatic N) is 2. The number of anilines is 1. The van der Waals surface area contributed by atoms with Gasteiger partial charge in [0.05, 0.1) is 17.9 Å². The molecule has 1 aromatic carbocycles. The van der Waals surface area contributed by atoms with E-state index in [1.165, 1.54) is 12.1 Å². The molecule has 1 N–H and O–H groups in total. The van der Waals surface area contributed by atoms with Gasteiger partial charge in [0.15, 0.2) is 0 Å². The molecule has 0 saturated carbocycles. The second-order valence-electron chi connectivity index (χ2n) is 6.72. The third kappa shape index (κ3) is 3.58. The predicted molar refractivity (Wildman–Crippen MR) is 103 cm³/mol. The van der Waals surface area contributed by atoms with E-state index in [2.05, 4.69) is 10.4 Å². The van der Waals surface area contributed by atoms with E-state index in [0.717, 1.165) is 29.9 Å². The van der Waals surface area contributed by atoms with E-state index < -0.39 is 17.7 Å². The normalized spacial score (nSPS) is 16.1. The average Bonchev–Trinajstić information content (AvgIpc) is 2.88. The molecule has 5 nitrogen and oxygen atoms in total. The van der Waals surface area contributed by atoms with E-state index in [0.29, 0.717) is 23.4 Å². The molecule has 27 heavy (non-hydrogen) atoms. The van der Waals surface area contributed by atoms with Crippen molar-refractivity contribution in [1.82, 2.24) is 9.78 Å². The third-order valence-electron chi connectivity index (χ3n) is 4.78. The van der Waals surface area contributed by atoms with Gasteiger partial charge < -0.3 is 10.1 Å². The van der Waals surface area contributed by atoms with Gasteiger partial charge in [-0.05, 0) is 38.0 Å². The molecule has 0 radical (unpaired) electrons. The smallest absolute Gasteiger partial charge is 0.336 e. The Morgan fingerprint density at radius 2 is 2.15 bits per heavy atom. The van der Waals surface area contributed by atoms with Crippen molar-refractivity contribution < 1.29 is 13.9 Å². The molecule has 2 heterocycles. The van der Waals surface area contributed by atoms with Crippen molar-refractivity contribution in [2.24, 2.45) is 7.05 Å². The first-order chi connectivity index (χ1) is 12.8. The van der Waals surface area contributed by atoms with Crippen LogP contribution in [0.1, 0.15) is 49.4 Å². The van der Waals surface area contributed by atoms with Crippen LogP contribution in [0.4, 0.5) is 10.2 Å². The Balaban J connectivity index is 2.15. The minimum absolute atomic E-state index is 0.266. The number of carbonyl (C=O) groups is 1. The van der Waals surface area contributed by atoms with Crippen molar-refractivity contribution >= 4 is 23.4 Å². The van der Waals surface area contributed by atoms with E-state index in [1.54, 1.807) is 10.7 Å². The van der Waals surface area contributed by atoms with Crippen LogP contribution in [0.5, 0.6) is 0 Å². The quantitative estimate of drug-likeness (QED) is 0.593. The molecule has 144 valence electrons. The average molecular weight is 392 g/mol. The number of fused-ring (bicyclic) bond motifs is 1. The number of nitrogens with one attached hydrogen (secondary N) is 1. The van der Waals surface area contributed by atoms with E-state index >= 15 is 0 Å². The van der Waals surface area contributed by atoms with Crippen molar-refractivity contribution in [2.75, 3.05) is 11.9 Å². The molecule has 3 rings (SSSR count). The molecule has 0 amide bonds. The van der Waals surface area contributed by atoms with Crippen LogP contribution in [0.15, 0.2) is 29.5 Å². The van der Waals surface area contributed by atoms with Crippen LogP contribution in [0, 0.1) is 12.7 Å². The van der Waals surface area contributed by atoms with Gasteiger partial charge >= 0.3 is 5.97 Å². The minimum atomic E-state index is -0.475. The van der Waals surface area contributed by atoms with Crippen LogP contribution in [0.2, 0.25) is 5.02 Å². The lowest BCUT2D eigenvalue weighted by Gasteiger charge is -2.29. The lowest BCUT2D eigenvalue weighted by Crippen LogP contribution is -2.25. The number of aryl methyl sites for hydroxylation is 2. The van der Waals surface area contributed by atoms with E-state index in [1.807, 2.05) is 27.8 Å². The summed E-state index contributed by atoms with van der Waals surface area (Å²) in [7, 11) is 1.83. The molecule has 1 aromatic heterocycles. The number of hydrogen-bond acceptors (Lipinski definition) is 4. The van der Waals surface area contributed by atoms with E-state index in [9.17, 15) is 9.18 Å². The largest absolute Gasteiger partial charge is 0.462 e. The Morgan fingerprint density at radius 1 is 1.41 bits per heavy atom. The van der Waals surface area contributed by atoms with Crippen LogP contribution in [-0.2, 0) is 16.6 Å². The molecule has 0 fully saturated rings. The SMILES string of the molecule is CCCCOC(=O)C1=C(C)Nc2c(c(C)nn2C)C1c1ccc(F)cc1Cl. The summed E-state index contributed by atoms with van der Waals surface area (Å²) in [5.41, 5.74) is 3.43. The number of esters is 1. The number of unbranched alkanes of at least 4 members (excludes halogenated alkanes) is 1. The third-order valence-corrected chi connectivity index (χ3v) is 5.11. The molecule has 1 aliphatic heterocycles. The van der Waals surface area contributed by atoms with Gasteiger partial charge in [-0.3, -0.25) is 4.68 Å². The Kier molecular flexibility index (Phi) is 5.56. The van der Waals surface area contributed by atoms with Gasteiger partial charge in [-0.15, -0.1) is 0 Å². The maximum Gasteiger partial charge on any atom is 0.336 e. The van der Waals surface area contributed by atoms with Crippen molar-refractivity contribution in [3.05, 3.63) is 57.1 Å². The molecule has 0 aliphatic carbocycles. The minimum Gasteiger partial charge on any atom is -0.462 e. The van der Waals surface area contributed by atoms with Crippen molar-refractivity contribution in [2.45, 2.75) is 39.5 Å². The van der Waals surface area contributed by atoms with Gasteiger partial charge in [-0.25, -0.2) is 9.18 Å². The molecule has 1 unspecified atom stereocenters. The van der Waals surface area contributed by atoms with Crippen LogP contribution in [-0.4, -0.2) is 22.4 Å². The summed E-state index contributed by atoms with van der Waals surface area (Å²) in [6.07, 6.45) is 1.73. The molecule has 7 heteroatoms. The molecule has 0 spiro atoms. The van der Waals surface area contributed by atoms with E-state index in [-0.39, 0.29) is 5.02 Å². The molecule has 1 aliphatic rings. The first-order valence-electron chi connectivity index (χ1n) is 8.98. The summed E-state index contributed by atoms with van der Waals surface area (Å²) < 4.78 is 20.8. The lowest BCUT2D eigenvalue weighted by atomic mass is 9.81. The number of hydrogen-bond donors (Lipinski definition) is 1. The van der Waals surface area contributed by atoms with Gasteiger partial charge in [0.1, 0.15) is 11.6 Å². The zero-order valence-electron chi connectivity index (χ0n) is 15.9. The summed E-state index contributed by atoms with van der Waals surface area (Å²) >= 11 is 6.37. The molecule has 0 saturated heterocycles. The zero-order valence-corrected chi connectivity index (χ0v) is 16.7. The highest BCUT2D eigenvalue weighted by atomic mass is 35.5. The second kappa shape index (κ2) is 7.72. The first kappa shape index (κ1) is 19.4. The fourth-order valence-corrected chi connectivity index (χ4v) is 3.76. The predicted octanol–water partition coefficient (Wildman–Crippen LogP) is 4.70. The fourth-order valence-electron chi connectivity index (χ4n) is 3.48. The highest BCUT2D eigenvalue weighted by molar-refractivity contribution is 6.31. The van der Waals surface area contributed by atoms with Crippen LogP contribution in [0.25, 0.3) is 0 Å². The van der Waals surface area contributed by atoms with Gasteiger partial charge in [0, 0.05) is 29.2 Å². The topological polar surface area (TPSA) is 56.1 Å². The van der Waals surface area contributed by atoms with E-state index in [4.69, 9.17) is 16.3 Å². The standard InChI is InChI=1S/C20H23ClFN3O2/c1-5-6-9-27-20(26)17-11(2)23-19-16(12(3)24-25(19)4)18(17)14-8-7-13(22)10-15(14)21/h7-8,10,18,23H,5-6,9H2,1-4H3. The number of allylic oxidation sites excluding steroid dienone is 1. The highest BCUT2D eigenvalue weighted by Crippen LogP contribution is 2.45. The monoisotopic (exact) mass is 391 g/mol. The zero-order chi connectivity index (χ0) is 19.7. The van der Waals surface area contributed by atoms with Crippen molar-refractivity contribution in [3.8, 4) is 0 Å². The molecular formula is C20H23ClFN3O2. The molecule has 1 atom stereocenters. The summed E-state index contributed by atoms with van der Waals surface area (Å²) in [4.78, 5) is 12.9. The summed E-state index contributed by atoms with van der Waals surface area (Å²) in [5, 5.41) is 8.01. The highest BCUT2D eigenvalue weighted by Gasteiger charge is 2.37. The molecule has 0 bridgehead atoms. The summed E-state index contributed by atoms with van der Waals surface area (Å²) in [5.74, 6) is -0.501. The maximum absolute atomic E-state index is 13.6. The van der Waals surface area contributed by atoms with Gasteiger partial charge in [-0.1, -0.05) is 31.0 Å². The Labute approximate surface area is 163 Å². The number of ether oxygens (including phenoxy) is 1. The number of rotatable bonds is 5. The van der Waals surface area contributed by atoms with Crippen LogP contribution >= 0.6 is 11.6 Å². The van der Waals surface area contributed by atoms with Crippen LogP contribution < -0.4 is 5.32 Å². The van der Waals surface area contributed by atoms with Crippen molar-refractivity contribution in [3.63, 3.8) is 0 Å². The maximum atomic E-state index is 13.6. The summed E-state index contributed by atoms with van der Waals surface area (Å²) in [6.45, 7) is 6.10. The molecular weight excluding hydrogens is 369 g/mol. The van der Waals surface area contributed by atoms with Gasteiger partial charge in [0.2, 0.25) is 0 Å². The summed E-state index contributed by atoms with van der Waals surface area (Å²) in [6, 6.07) is 4.24. The Hall–Kier alpha value is -2.34. The second-order valence-corrected chi connectivity index (χ2v) is 7.13. The first-order valence-corrected chi connectivity index (χ1v) is 9.36.